The zero-order chi connectivity index (χ0) is 21.2. The van der Waals surface area contributed by atoms with Gasteiger partial charge in [-0.25, -0.2) is 4.79 Å². The van der Waals surface area contributed by atoms with E-state index >= 15 is 0 Å². The molecule has 0 unspecified atom stereocenters. The zero-order valence-corrected chi connectivity index (χ0v) is 19.0. The first-order valence-corrected chi connectivity index (χ1v) is 11.1. The Labute approximate surface area is 180 Å². The Morgan fingerprint density at radius 2 is 1.86 bits per heavy atom. The van der Waals surface area contributed by atoms with Crippen molar-refractivity contribution < 1.29 is 14.4 Å². The molecule has 1 aliphatic carbocycles. The van der Waals surface area contributed by atoms with Crippen LogP contribution in [0, 0.1) is 5.92 Å². The first kappa shape index (κ1) is 21.8. The van der Waals surface area contributed by atoms with Gasteiger partial charge in [0.15, 0.2) is 0 Å². The molecule has 0 bridgehead atoms. The van der Waals surface area contributed by atoms with E-state index in [2.05, 4.69) is 33.5 Å². The minimum Gasteiger partial charge on any atom is -0.354 e. The van der Waals surface area contributed by atoms with Crippen LogP contribution in [0.5, 0.6) is 0 Å². The maximum absolute atomic E-state index is 12.9. The molecular weight excluding hydrogens is 434 g/mol. The number of nitrogens with one attached hydrogen (secondary N) is 2. The molecule has 0 aromatic heterocycles. The van der Waals surface area contributed by atoms with Crippen molar-refractivity contribution in [2.45, 2.75) is 63.8 Å². The van der Waals surface area contributed by atoms with Crippen LogP contribution >= 0.6 is 15.9 Å². The summed E-state index contributed by atoms with van der Waals surface area (Å²) < 4.78 is 1.00. The third kappa shape index (κ3) is 4.65. The van der Waals surface area contributed by atoms with E-state index in [0.717, 1.165) is 34.2 Å². The Morgan fingerprint density at radius 1 is 1.24 bits per heavy atom. The average Bonchev–Trinajstić information content (AvgIpc) is 2.91. The molecule has 0 radical (unpaired) electrons. The second-order valence-electron chi connectivity index (χ2n) is 8.92. The lowest BCUT2D eigenvalue weighted by Crippen LogP contribution is -2.50. The third-order valence-corrected chi connectivity index (χ3v) is 6.97. The molecule has 0 atom stereocenters. The van der Waals surface area contributed by atoms with Crippen molar-refractivity contribution in [2.75, 3.05) is 13.1 Å². The Kier molecular flexibility index (Phi) is 6.36. The van der Waals surface area contributed by atoms with Gasteiger partial charge in [0.2, 0.25) is 5.91 Å². The molecule has 1 aromatic carbocycles. The molecule has 1 aliphatic heterocycles. The molecule has 3 rings (SSSR count). The van der Waals surface area contributed by atoms with E-state index in [0.29, 0.717) is 25.3 Å². The highest BCUT2D eigenvalue weighted by atomic mass is 79.9. The number of halogens is 1. The van der Waals surface area contributed by atoms with Crippen LogP contribution in [0.15, 0.2) is 28.7 Å². The van der Waals surface area contributed by atoms with Gasteiger partial charge in [0, 0.05) is 16.4 Å². The van der Waals surface area contributed by atoms with Crippen LogP contribution in [0.3, 0.4) is 0 Å². The van der Waals surface area contributed by atoms with Gasteiger partial charge < -0.3 is 10.6 Å². The summed E-state index contributed by atoms with van der Waals surface area (Å²) in [6.07, 6.45) is 4.28. The fourth-order valence-electron chi connectivity index (χ4n) is 4.26. The summed E-state index contributed by atoms with van der Waals surface area (Å²) in [4.78, 5) is 38.9. The fraction of sp³-hybridized carbons (Fsp3) is 0.591. The van der Waals surface area contributed by atoms with Crippen molar-refractivity contribution in [3.63, 3.8) is 0 Å². The van der Waals surface area contributed by atoms with Gasteiger partial charge in [0.05, 0.1) is 0 Å². The van der Waals surface area contributed by atoms with Gasteiger partial charge in [0.25, 0.3) is 5.91 Å². The third-order valence-electron chi connectivity index (χ3n) is 6.44. The van der Waals surface area contributed by atoms with Crippen LogP contribution in [0.1, 0.15) is 58.4 Å². The number of imide groups is 1. The van der Waals surface area contributed by atoms with Crippen molar-refractivity contribution in [1.29, 1.82) is 0 Å². The Hall–Kier alpha value is -1.89. The van der Waals surface area contributed by atoms with Gasteiger partial charge in [-0.05, 0) is 49.3 Å². The van der Waals surface area contributed by atoms with Crippen LogP contribution in [-0.4, -0.2) is 41.4 Å². The molecule has 1 aromatic rings. The summed E-state index contributed by atoms with van der Waals surface area (Å²) in [5.74, 6) is 0.0425. The lowest BCUT2D eigenvalue weighted by atomic mass is 9.75. The molecule has 158 valence electrons. The second-order valence-corrected chi connectivity index (χ2v) is 9.84. The van der Waals surface area contributed by atoms with E-state index in [-0.39, 0.29) is 23.8 Å². The number of hydrogen-bond donors (Lipinski definition) is 2. The molecular formula is C22H30BrN3O3. The van der Waals surface area contributed by atoms with Gasteiger partial charge in [-0.1, -0.05) is 55.3 Å². The minimum atomic E-state index is -0.806. The van der Waals surface area contributed by atoms with Gasteiger partial charge >= 0.3 is 6.03 Å². The molecule has 4 amide bonds. The fourth-order valence-corrected chi connectivity index (χ4v) is 4.52. The van der Waals surface area contributed by atoms with E-state index in [1.165, 1.54) is 0 Å². The van der Waals surface area contributed by atoms with Gasteiger partial charge in [0.1, 0.15) is 12.1 Å². The number of carbonyl (C=O) groups is 3. The first-order chi connectivity index (χ1) is 13.7. The summed E-state index contributed by atoms with van der Waals surface area (Å²) in [6.45, 7) is 6.43. The molecule has 7 heteroatoms. The van der Waals surface area contributed by atoms with Crippen molar-refractivity contribution in [2.24, 2.45) is 5.92 Å². The molecule has 1 saturated carbocycles. The van der Waals surface area contributed by atoms with Crippen LogP contribution < -0.4 is 10.6 Å². The number of urea groups is 1. The Balaban J connectivity index is 1.57. The van der Waals surface area contributed by atoms with E-state index in [1.54, 1.807) is 0 Å². The lowest BCUT2D eigenvalue weighted by molar-refractivity contribution is -0.136. The summed E-state index contributed by atoms with van der Waals surface area (Å²) >= 11 is 3.43. The molecule has 29 heavy (non-hydrogen) atoms. The van der Waals surface area contributed by atoms with Gasteiger partial charge in [-0.15, -0.1) is 0 Å². The highest BCUT2D eigenvalue weighted by Crippen LogP contribution is 2.37. The van der Waals surface area contributed by atoms with Crippen LogP contribution in [0.2, 0.25) is 0 Å². The molecule has 6 nitrogen and oxygen atoms in total. The number of nitrogens with zero attached hydrogens (tertiary/aromatic N) is 1. The normalized spacial score (nSPS) is 24.7. The SMILES string of the molecule is CCC1CCC2(CC1)NC(=O)N(CC(=O)NCC(C)(C)c1ccc(Br)cc1)C2=O. The minimum absolute atomic E-state index is 0.236. The number of benzene rings is 1. The second kappa shape index (κ2) is 8.46. The van der Waals surface area contributed by atoms with E-state index in [1.807, 2.05) is 38.1 Å². The maximum Gasteiger partial charge on any atom is 0.325 e. The molecule has 2 N–H and O–H groups in total. The maximum atomic E-state index is 12.9. The van der Waals surface area contributed by atoms with Crippen molar-refractivity contribution in [3.8, 4) is 0 Å². The molecule has 2 aliphatic rings. The zero-order valence-electron chi connectivity index (χ0n) is 17.4. The molecule has 1 spiro atoms. The quantitative estimate of drug-likeness (QED) is 0.630. The largest absolute Gasteiger partial charge is 0.354 e. The highest BCUT2D eigenvalue weighted by Gasteiger charge is 2.52. The Morgan fingerprint density at radius 3 is 2.45 bits per heavy atom. The van der Waals surface area contributed by atoms with Crippen LogP contribution in [0.4, 0.5) is 4.79 Å². The standard InChI is InChI=1S/C22H30BrN3O3/c1-4-15-9-11-22(12-10-15)19(28)26(20(29)25-22)13-18(27)24-14-21(2,3)16-5-7-17(23)8-6-16/h5-8,15H,4,9-14H2,1-3H3,(H,24,27)(H,25,29). The average molecular weight is 464 g/mol. The van der Waals surface area contributed by atoms with Crippen molar-refractivity contribution in [3.05, 3.63) is 34.3 Å². The molecule has 1 saturated heterocycles. The van der Waals surface area contributed by atoms with Gasteiger partial charge in [-0.2, -0.15) is 0 Å². The predicted octanol–water partition coefficient (Wildman–Crippen LogP) is 3.73. The first-order valence-electron chi connectivity index (χ1n) is 10.3. The lowest BCUT2D eigenvalue weighted by Gasteiger charge is -2.34. The number of amides is 4. The summed E-state index contributed by atoms with van der Waals surface area (Å²) in [5, 5.41) is 5.76. The molecule has 2 fully saturated rings. The molecule has 1 heterocycles. The Bertz CT molecular complexity index is 783. The van der Waals surface area contributed by atoms with Crippen molar-refractivity contribution >= 4 is 33.8 Å². The summed E-state index contributed by atoms with van der Waals surface area (Å²) in [7, 11) is 0. The van der Waals surface area contributed by atoms with Crippen LogP contribution in [-0.2, 0) is 15.0 Å². The highest BCUT2D eigenvalue weighted by molar-refractivity contribution is 9.10. The number of rotatable bonds is 6. The predicted molar refractivity (Wildman–Crippen MR) is 115 cm³/mol. The topological polar surface area (TPSA) is 78.5 Å². The summed E-state index contributed by atoms with van der Waals surface area (Å²) in [5.41, 5.74) is 0.0234. The van der Waals surface area contributed by atoms with E-state index in [9.17, 15) is 14.4 Å². The number of hydrogen-bond acceptors (Lipinski definition) is 3. The smallest absolute Gasteiger partial charge is 0.325 e. The monoisotopic (exact) mass is 463 g/mol. The van der Waals surface area contributed by atoms with E-state index in [4.69, 9.17) is 0 Å². The van der Waals surface area contributed by atoms with E-state index < -0.39 is 11.6 Å². The van der Waals surface area contributed by atoms with Gasteiger partial charge in [-0.3, -0.25) is 14.5 Å². The van der Waals surface area contributed by atoms with Crippen LogP contribution in [0.25, 0.3) is 0 Å². The number of carbonyl (C=O) groups excluding carboxylic acids is 3. The summed E-state index contributed by atoms with van der Waals surface area (Å²) in [6, 6.07) is 7.53. The van der Waals surface area contributed by atoms with Crippen molar-refractivity contribution in [1.82, 2.24) is 15.5 Å².